The van der Waals surface area contributed by atoms with Crippen LogP contribution in [0.4, 0.5) is 0 Å². The molecule has 0 aliphatic rings. The third kappa shape index (κ3) is 31.5. The predicted octanol–water partition coefficient (Wildman–Crippen LogP) is 8.37. The lowest BCUT2D eigenvalue weighted by molar-refractivity contribution is -0.147. The van der Waals surface area contributed by atoms with Gasteiger partial charge in [0.05, 0.1) is 13.2 Å². The molecule has 0 aromatic carbocycles. The van der Waals surface area contributed by atoms with Crippen molar-refractivity contribution in [3.63, 3.8) is 0 Å². The molecule has 2 amide bonds. The zero-order chi connectivity index (χ0) is 36.9. The molecule has 0 aliphatic heterocycles. The summed E-state index contributed by atoms with van der Waals surface area (Å²) >= 11 is 0. The highest BCUT2D eigenvalue weighted by Gasteiger charge is 2.18. The number of hydrogen-bond donors (Lipinski definition) is 4. The highest BCUT2D eigenvalue weighted by molar-refractivity contribution is 5.87. The molecule has 0 bridgehead atoms. The molecule has 282 valence electrons. The SMILES string of the molecule is CC/C=C\C/C=C\C/C=C\CCCCCCCC(=O)OC(/C=C\C/C=C\C/C=C\CC)CCCCCCC(=O)NCC(=O)NC(CO)C(=O)O. The standard InChI is InChI=1S/C41H66N2O7/c1-3-5-7-9-11-13-14-15-16-17-18-19-21-23-29-33-40(47)50-36(30-26-22-20-12-10-8-6-4-2)31-27-24-25-28-32-38(45)42-34-39(46)43-37(35-44)41(48)49/h5-8,11-13,15-16,20,26,30,36-37,44H,3-4,9-10,14,17-19,21-25,27-29,31-35H2,1-2H3,(H,42,45)(H,43,46)(H,48,49)/b7-5-,8-6-,13-11-,16-15-,20-12-,30-26-. The normalized spacial score (nSPS) is 13.3. The van der Waals surface area contributed by atoms with Gasteiger partial charge in [0, 0.05) is 12.8 Å². The summed E-state index contributed by atoms with van der Waals surface area (Å²) in [6, 6.07) is -1.40. The Kier molecular flexibility index (Phi) is 32.5. The van der Waals surface area contributed by atoms with E-state index in [4.69, 9.17) is 14.9 Å². The number of carboxylic acid groups (broad SMARTS) is 1. The van der Waals surface area contributed by atoms with Crippen LogP contribution < -0.4 is 10.6 Å². The molecule has 2 unspecified atom stereocenters. The Labute approximate surface area is 302 Å². The third-order valence-corrected chi connectivity index (χ3v) is 7.68. The molecular weight excluding hydrogens is 632 g/mol. The topological polar surface area (TPSA) is 142 Å². The van der Waals surface area contributed by atoms with Gasteiger partial charge in [-0.25, -0.2) is 4.79 Å². The minimum atomic E-state index is -1.40. The summed E-state index contributed by atoms with van der Waals surface area (Å²) in [5.74, 6) is -2.47. The number of ether oxygens (including phenoxy) is 1. The van der Waals surface area contributed by atoms with Gasteiger partial charge in [0.1, 0.15) is 12.1 Å². The summed E-state index contributed by atoms with van der Waals surface area (Å²) in [5, 5.41) is 22.5. The largest absolute Gasteiger partial charge is 0.480 e. The molecule has 0 fully saturated rings. The second-order valence-corrected chi connectivity index (χ2v) is 12.2. The van der Waals surface area contributed by atoms with E-state index in [-0.39, 0.29) is 30.9 Å². The van der Waals surface area contributed by atoms with Crippen molar-refractivity contribution in [2.24, 2.45) is 0 Å². The number of allylic oxidation sites excluding steroid dienone is 11. The third-order valence-electron chi connectivity index (χ3n) is 7.68. The number of hydrogen-bond acceptors (Lipinski definition) is 6. The Morgan fingerprint density at radius 1 is 0.620 bits per heavy atom. The van der Waals surface area contributed by atoms with Crippen molar-refractivity contribution in [2.75, 3.05) is 13.2 Å². The van der Waals surface area contributed by atoms with Gasteiger partial charge in [-0.1, -0.05) is 113 Å². The van der Waals surface area contributed by atoms with Crippen LogP contribution in [-0.4, -0.2) is 59.3 Å². The van der Waals surface area contributed by atoms with Crippen LogP contribution >= 0.6 is 0 Å². The van der Waals surface area contributed by atoms with Gasteiger partial charge < -0.3 is 25.6 Å². The van der Waals surface area contributed by atoms with Gasteiger partial charge in [0.2, 0.25) is 11.8 Å². The van der Waals surface area contributed by atoms with Crippen LogP contribution in [0.15, 0.2) is 72.9 Å². The molecule has 0 aromatic rings. The number of aliphatic hydroxyl groups excluding tert-OH is 1. The Bertz CT molecular complexity index is 1070. The van der Waals surface area contributed by atoms with Crippen molar-refractivity contribution in [2.45, 2.75) is 148 Å². The van der Waals surface area contributed by atoms with Gasteiger partial charge in [0.15, 0.2) is 0 Å². The lowest BCUT2D eigenvalue weighted by Gasteiger charge is -2.15. The van der Waals surface area contributed by atoms with Crippen molar-refractivity contribution >= 4 is 23.8 Å². The summed E-state index contributed by atoms with van der Waals surface area (Å²) in [7, 11) is 0. The Hall–Kier alpha value is -3.72. The number of amides is 2. The molecule has 0 aliphatic carbocycles. The van der Waals surface area contributed by atoms with E-state index in [1.807, 2.05) is 12.2 Å². The van der Waals surface area contributed by atoms with Crippen LogP contribution in [0.1, 0.15) is 136 Å². The molecule has 9 heteroatoms. The number of esters is 1. The highest BCUT2D eigenvalue weighted by atomic mass is 16.5. The molecule has 0 saturated heterocycles. The first kappa shape index (κ1) is 46.3. The van der Waals surface area contributed by atoms with Crippen LogP contribution in [0.25, 0.3) is 0 Å². The maximum absolute atomic E-state index is 12.6. The van der Waals surface area contributed by atoms with Gasteiger partial charge in [0.25, 0.3) is 0 Å². The summed E-state index contributed by atoms with van der Waals surface area (Å²) < 4.78 is 5.84. The van der Waals surface area contributed by atoms with E-state index in [0.717, 1.165) is 83.5 Å². The van der Waals surface area contributed by atoms with Crippen molar-refractivity contribution in [1.82, 2.24) is 10.6 Å². The molecule has 0 heterocycles. The van der Waals surface area contributed by atoms with Gasteiger partial charge >= 0.3 is 11.9 Å². The maximum Gasteiger partial charge on any atom is 0.328 e. The van der Waals surface area contributed by atoms with Crippen LogP contribution in [-0.2, 0) is 23.9 Å². The summed E-state index contributed by atoms with van der Waals surface area (Å²) in [5.41, 5.74) is 0. The second-order valence-electron chi connectivity index (χ2n) is 12.2. The van der Waals surface area contributed by atoms with Gasteiger partial charge in [-0.15, -0.1) is 0 Å². The van der Waals surface area contributed by atoms with E-state index in [0.29, 0.717) is 19.3 Å². The molecule has 0 spiro atoms. The fraction of sp³-hybridized carbons (Fsp3) is 0.610. The number of aliphatic carboxylic acids is 1. The van der Waals surface area contributed by atoms with E-state index in [1.54, 1.807) is 0 Å². The molecule has 0 aromatic heterocycles. The summed E-state index contributed by atoms with van der Waals surface area (Å²) in [6.45, 7) is 3.18. The first-order chi connectivity index (χ1) is 24.3. The van der Waals surface area contributed by atoms with Crippen LogP contribution in [0, 0.1) is 0 Å². The zero-order valence-corrected chi connectivity index (χ0v) is 30.9. The van der Waals surface area contributed by atoms with E-state index in [2.05, 4.69) is 85.2 Å². The van der Waals surface area contributed by atoms with E-state index >= 15 is 0 Å². The molecule has 9 nitrogen and oxygen atoms in total. The molecule has 50 heavy (non-hydrogen) atoms. The lowest BCUT2D eigenvalue weighted by Crippen LogP contribution is -2.47. The van der Waals surface area contributed by atoms with E-state index < -0.39 is 24.5 Å². The smallest absolute Gasteiger partial charge is 0.328 e. The van der Waals surface area contributed by atoms with Crippen molar-refractivity contribution in [3.05, 3.63) is 72.9 Å². The molecule has 4 N–H and O–H groups in total. The summed E-state index contributed by atoms with van der Waals surface area (Å²) in [4.78, 5) is 47.4. The van der Waals surface area contributed by atoms with E-state index in [1.165, 1.54) is 12.8 Å². The number of carbonyl (C=O) groups is 4. The highest BCUT2D eigenvalue weighted by Crippen LogP contribution is 2.14. The van der Waals surface area contributed by atoms with Crippen LogP contribution in [0.3, 0.4) is 0 Å². The number of nitrogens with one attached hydrogen (secondary N) is 2. The fourth-order valence-corrected chi connectivity index (χ4v) is 4.84. The van der Waals surface area contributed by atoms with E-state index in [9.17, 15) is 19.2 Å². The molecule has 2 atom stereocenters. The first-order valence-corrected chi connectivity index (χ1v) is 18.8. The monoisotopic (exact) mass is 698 g/mol. The van der Waals surface area contributed by atoms with Crippen LogP contribution in [0.5, 0.6) is 0 Å². The predicted molar refractivity (Wildman–Crippen MR) is 203 cm³/mol. The van der Waals surface area contributed by atoms with Crippen LogP contribution in [0.2, 0.25) is 0 Å². The number of carboxylic acids is 1. The first-order valence-electron chi connectivity index (χ1n) is 18.8. The molecule has 0 radical (unpaired) electrons. The Morgan fingerprint density at radius 2 is 1.14 bits per heavy atom. The summed E-state index contributed by atoms with van der Waals surface area (Å²) in [6.07, 6.45) is 42.4. The maximum atomic E-state index is 12.6. The number of aliphatic hydroxyl groups is 1. The second kappa shape index (κ2) is 35.1. The van der Waals surface area contributed by atoms with Gasteiger partial charge in [-0.2, -0.15) is 0 Å². The van der Waals surface area contributed by atoms with Crippen molar-refractivity contribution in [3.8, 4) is 0 Å². The van der Waals surface area contributed by atoms with Crippen molar-refractivity contribution in [1.29, 1.82) is 0 Å². The fourth-order valence-electron chi connectivity index (χ4n) is 4.84. The van der Waals surface area contributed by atoms with Gasteiger partial charge in [-0.05, 0) is 83.1 Å². The van der Waals surface area contributed by atoms with Crippen molar-refractivity contribution < 1.29 is 34.1 Å². The number of unbranched alkanes of at least 4 members (excludes halogenated alkanes) is 8. The quantitative estimate of drug-likeness (QED) is 0.0314. The molecule has 0 saturated carbocycles. The minimum absolute atomic E-state index is 0.157. The molecule has 0 rings (SSSR count). The average Bonchev–Trinajstić information content (AvgIpc) is 3.10. The minimum Gasteiger partial charge on any atom is -0.480 e. The van der Waals surface area contributed by atoms with Gasteiger partial charge in [-0.3, -0.25) is 14.4 Å². The average molecular weight is 699 g/mol. The number of rotatable bonds is 32. The molecular formula is C41H66N2O7. The Morgan fingerprint density at radius 3 is 1.74 bits per heavy atom. The lowest BCUT2D eigenvalue weighted by atomic mass is 10.1. The Balaban J connectivity index is 4.39. The zero-order valence-electron chi connectivity index (χ0n) is 30.9. The number of carbonyl (C=O) groups excluding carboxylic acids is 3.